The molecule has 6 heteroatoms. The zero-order valence-electron chi connectivity index (χ0n) is 17.1. The predicted molar refractivity (Wildman–Crippen MR) is 112 cm³/mol. The molecular weight excluding hydrogens is 368 g/mol. The first-order chi connectivity index (χ1) is 14.1. The first kappa shape index (κ1) is 20.7. The highest BCUT2D eigenvalue weighted by molar-refractivity contribution is 5.97. The topological polar surface area (TPSA) is 67.9 Å². The molecule has 2 aromatic rings. The molecule has 1 fully saturated rings. The molecule has 1 heterocycles. The lowest BCUT2D eigenvalue weighted by Gasteiger charge is -2.20. The SMILES string of the molecule is COc1ccc(CNC(=O)c2ccc(C(=O)N3CCCCCC3)cc2)cc1OC. The zero-order chi connectivity index (χ0) is 20.6. The van der Waals surface area contributed by atoms with Gasteiger partial charge in [-0.1, -0.05) is 18.9 Å². The normalized spacial score (nSPS) is 14.1. The summed E-state index contributed by atoms with van der Waals surface area (Å²) < 4.78 is 10.5. The monoisotopic (exact) mass is 396 g/mol. The number of amides is 2. The van der Waals surface area contributed by atoms with Crippen molar-refractivity contribution in [2.75, 3.05) is 27.3 Å². The molecule has 2 amide bonds. The molecule has 2 aromatic carbocycles. The maximum atomic E-state index is 12.7. The van der Waals surface area contributed by atoms with Crippen LogP contribution >= 0.6 is 0 Å². The van der Waals surface area contributed by atoms with Gasteiger partial charge in [-0.05, 0) is 54.8 Å². The van der Waals surface area contributed by atoms with Crippen LogP contribution in [0.4, 0.5) is 0 Å². The number of carbonyl (C=O) groups is 2. The average Bonchev–Trinajstić information content (AvgIpc) is 3.06. The Labute approximate surface area is 171 Å². The Morgan fingerprint density at radius 1 is 0.862 bits per heavy atom. The molecule has 0 aromatic heterocycles. The van der Waals surface area contributed by atoms with Crippen molar-refractivity contribution < 1.29 is 19.1 Å². The molecule has 1 N–H and O–H groups in total. The zero-order valence-corrected chi connectivity index (χ0v) is 17.1. The molecular formula is C23H28N2O4. The summed E-state index contributed by atoms with van der Waals surface area (Å²) in [6.45, 7) is 1.99. The lowest BCUT2D eigenvalue weighted by Crippen LogP contribution is -2.31. The van der Waals surface area contributed by atoms with E-state index in [1.54, 1.807) is 38.5 Å². The third-order valence-electron chi connectivity index (χ3n) is 5.19. The van der Waals surface area contributed by atoms with Gasteiger partial charge in [0.05, 0.1) is 14.2 Å². The lowest BCUT2D eigenvalue weighted by molar-refractivity contribution is 0.0761. The van der Waals surface area contributed by atoms with Gasteiger partial charge < -0.3 is 19.7 Å². The fourth-order valence-corrected chi connectivity index (χ4v) is 3.50. The molecule has 1 aliphatic heterocycles. The smallest absolute Gasteiger partial charge is 0.253 e. The number of ether oxygens (including phenoxy) is 2. The van der Waals surface area contributed by atoms with E-state index < -0.39 is 0 Å². The van der Waals surface area contributed by atoms with Crippen molar-refractivity contribution in [3.8, 4) is 11.5 Å². The number of nitrogens with zero attached hydrogens (tertiary/aromatic N) is 1. The Morgan fingerprint density at radius 3 is 2.10 bits per heavy atom. The van der Waals surface area contributed by atoms with Crippen molar-refractivity contribution in [3.63, 3.8) is 0 Å². The van der Waals surface area contributed by atoms with Crippen molar-refractivity contribution in [2.24, 2.45) is 0 Å². The molecule has 1 saturated heterocycles. The van der Waals surface area contributed by atoms with Crippen LogP contribution in [0.15, 0.2) is 42.5 Å². The highest BCUT2D eigenvalue weighted by Crippen LogP contribution is 2.27. The van der Waals surface area contributed by atoms with E-state index in [1.807, 2.05) is 23.1 Å². The summed E-state index contributed by atoms with van der Waals surface area (Å²) in [5.41, 5.74) is 2.06. The van der Waals surface area contributed by atoms with Crippen LogP contribution in [0.1, 0.15) is 52.0 Å². The average molecular weight is 396 g/mol. The van der Waals surface area contributed by atoms with Gasteiger partial charge in [0.25, 0.3) is 11.8 Å². The Bertz CT molecular complexity index is 840. The van der Waals surface area contributed by atoms with Crippen LogP contribution in [0.2, 0.25) is 0 Å². The van der Waals surface area contributed by atoms with E-state index in [1.165, 1.54) is 12.8 Å². The number of rotatable bonds is 6. The second-order valence-corrected chi connectivity index (χ2v) is 7.16. The van der Waals surface area contributed by atoms with Crippen LogP contribution in [0.3, 0.4) is 0 Å². The molecule has 0 radical (unpaired) electrons. The van der Waals surface area contributed by atoms with Gasteiger partial charge in [0.1, 0.15) is 0 Å². The number of likely N-dealkylation sites (tertiary alicyclic amines) is 1. The van der Waals surface area contributed by atoms with Crippen molar-refractivity contribution in [3.05, 3.63) is 59.2 Å². The van der Waals surface area contributed by atoms with E-state index in [0.29, 0.717) is 29.2 Å². The molecule has 0 unspecified atom stereocenters. The summed E-state index contributed by atoms with van der Waals surface area (Å²) in [5.74, 6) is 1.13. The number of benzene rings is 2. The second-order valence-electron chi connectivity index (χ2n) is 7.16. The van der Waals surface area contributed by atoms with Gasteiger partial charge in [0, 0.05) is 30.8 Å². The van der Waals surface area contributed by atoms with Crippen LogP contribution in [0, 0.1) is 0 Å². The summed E-state index contributed by atoms with van der Waals surface area (Å²) in [6.07, 6.45) is 4.48. The Morgan fingerprint density at radius 2 is 1.48 bits per heavy atom. The quantitative estimate of drug-likeness (QED) is 0.809. The van der Waals surface area contributed by atoms with Crippen LogP contribution in [-0.4, -0.2) is 44.0 Å². The lowest BCUT2D eigenvalue weighted by atomic mass is 10.1. The summed E-state index contributed by atoms with van der Waals surface area (Å²) in [7, 11) is 3.16. The van der Waals surface area contributed by atoms with Gasteiger partial charge in [0.15, 0.2) is 11.5 Å². The molecule has 0 aliphatic carbocycles. The van der Waals surface area contributed by atoms with Crippen LogP contribution in [0.5, 0.6) is 11.5 Å². The largest absolute Gasteiger partial charge is 0.493 e. The van der Waals surface area contributed by atoms with E-state index in [9.17, 15) is 9.59 Å². The fraction of sp³-hybridized carbons (Fsp3) is 0.391. The summed E-state index contributed by atoms with van der Waals surface area (Å²) in [5, 5.41) is 2.89. The molecule has 1 aliphatic rings. The van der Waals surface area contributed by atoms with E-state index in [-0.39, 0.29) is 11.8 Å². The molecule has 0 bridgehead atoms. The van der Waals surface area contributed by atoms with Gasteiger partial charge in [0.2, 0.25) is 0 Å². The third kappa shape index (κ3) is 5.28. The maximum Gasteiger partial charge on any atom is 0.253 e. The van der Waals surface area contributed by atoms with Gasteiger partial charge in [-0.2, -0.15) is 0 Å². The van der Waals surface area contributed by atoms with Gasteiger partial charge in [-0.25, -0.2) is 0 Å². The molecule has 0 spiro atoms. The third-order valence-corrected chi connectivity index (χ3v) is 5.19. The first-order valence-electron chi connectivity index (χ1n) is 10.0. The van der Waals surface area contributed by atoms with Gasteiger partial charge in [-0.15, -0.1) is 0 Å². The number of hydrogen-bond acceptors (Lipinski definition) is 4. The van der Waals surface area contributed by atoms with E-state index in [0.717, 1.165) is 31.5 Å². The van der Waals surface area contributed by atoms with Gasteiger partial charge in [-0.3, -0.25) is 9.59 Å². The first-order valence-corrected chi connectivity index (χ1v) is 10.0. The number of methoxy groups -OCH3 is 2. The molecule has 154 valence electrons. The van der Waals surface area contributed by atoms with Crippen molar-refractivity contribution in [1.29, 1.82) is 0 Å². The van der Waals surface area contributed by atoms with Crippen LogP contribution < -0.4 is 14.8 Å². The second kappa shape index (κ2) is 9.96. The standard InChI is InChI=1S/C23H28N2O4/c1-28-20-12-7-17(15-21(20)29-2)16-24-22(26)18-8-10-19(11-9-18)23(27)25-13-5-3-4-6-14-25/h7-12,15H,3-6,13-14,16H2,1-2H3,(H,24,26). The summed E-state index contributed by atoms with van der Waals surface area (Å²) >= 11 is 0. The Kier molecular flexibility index (Phi) is 7.11. The Hall–Kier alpha value is -3.02. The van der Waals surface area contributed by atoms with Crippen LogP contribution in [0.25, 0.3) is 0 Å². The minimum absolute atomic E-state index is 0.0455. The molecule has 6 nitrogen and oxygen atoms in total. The van der Waals surface area contributed by atoms with Crippen molar-refractivity contribution in [1.82, 2.24) is 10.2 Å². The fourth-order valence-electron chi connectivity index (χ4n) is 3.50. The molecule has 0 atom stereocenters. The maximum absolute atomic E-state index is 12.7. The predicted octanol–water partition coefficient (Wildman–Crippen LogP) is 3.65. The Balaban J connectivity index is 1.59. The highest BCUT2D eigenvalue weighted by atomic mass is 16.5. The van der Waals surface area contributed by atoms with Crippen LogP contribution in [-0.2, 0) is 6.54 Å². The molecule has 29 heavy (non-hydrogen) atoms. The minimum Gasteiger partial charge on any atom is -0.493 e. The summed E-state index contributed by atoms with van der Waals surface area (Å²) in [6, 6.07) is 12.4. The van der Waals surface area contributed by atoms with E-state index in [2.05, 4.69) is 5.32 Å². The highest BCUT2D eigenvalue weighted by Gasteiger charge is 2.17. The minimum atomic E-state index is -0.187. The van der Waals surface area contributed by atoms with E-state index >= 15 is 0 Å². The van der Waals surface area contributed by atoms with E-state index in [4.69, 9.17) is 9.47 Å². The van der Waals surface area contributed by atoms with Gasteiger partial charge >= 0.3 is 0 Å². The number of carbonyl (C=O) groups excluding carboxylic acids is 2. The van der Waals surface area contributed by atoms with Crippen molar-refractivity contribution in [2.45, 2.75) is 32.2 Å². The number of nitrogens with one attached hydrogen (secondary N) is 1. The van der Waals surface area contributed by atoms with Crippen molar-refractivity contribution >= 4 is 11.8 Å². The number of hydrogen-bond donors (Lipinski definition) is 1. The molecule has 3 rings (SSSR count). The summed E-state index contributed by atoms with van der Waals surface area (Å²) in [4.78, 5) is 27.0. The molecule has 0 saturated carbocycles.